The van der Waals surface area contributed by atoms with E-state index in [0.717, 1.165) is 11.3 Å². The van der Waals surface area contributed by atoms with Crippen LogP contribution in [0.2, 0.25) is 0 Å². The molecular weight excluding hydrogens is 222 g/mol. The summed E-state index contributed by atoms with van der Waals surface area (Å²) in [6.45, 7) is 2.02. The molecule has 2 nitrogen and oxygen atoms in total. The Morgan fingerprint density at radius 3 is 2.44 bits per heavy atom. The van der Waals surface area contributed by atoms with Crippen LogP contribution in [0.1, 0.15) is 24.1 Å². The number of aromatic nitrogens is 1. The maximum absolute atomic E-state index is 10.1. The molecule has 2 rings (SSSR count). The first kappa shape index (κ1) is 12.5. The second-order valence-electron chi connectivity index (χ2n) is 4.30. The van der Waals surface area contributed by atoms with Crippen molar-refractivity contribution in [3.63, 3.8) is 0 Å². The number of hydrogen-bond donors (Lipinski definition) is 1. The molecule has 0 spiro atoms. The van der Waals surface area contributed by atoms with E-state index in [4.69, 9.17) is 0 Å². The number of hydrogen-bond acceptors (Lipinski definition) is 2. The quantitative estimate of drug-likeness (QED) is 0.888. The number of nitrogens with zero attached hydrogens (tertiary/aromatic N) is 1. The van der Waals surface area contributed by atoms with Crippen LogP contribution in [-0.2, 0) is 0 Å². The van der Waals surface area contributed by atoms with E-state index in [0.29, 0.717) is 0 Å². The van der Waals surface area contributed by atoms with Gasteiger partial charge in [0.1, 0.15) is 0 Å². The van der Waals surface area contributed by atoms with E-state index in [9.17, 15) is 5.11 Å². The molecule has 0 aliphatic carbocycles. The van der Waals surface area contributed by atoms with Crippen LogP contribution in [0.3, 0.4) is 0 Å². The Morgan fingerprint density at radius 2 is 1.78 bits per heavy atom. The highest BCUT2D eigenvalue weighted by atomic mass is 16.3. The van der Waals surface area contributed by atoms with Crippen LogP contribution in [-0.4, -0.2) is 16.2 Å². The van der Waals surface area contributed by atoms with Gasteiger partial charge in [-0.1, -0.05) is 49.4 Å². The van der Waals surface area contributed by atoms with Crippen LogP contribution in [0.15, 0.2) is 60.8 Å². The molecular formula is C16H17NO. The average molecular weight is 239 g/mol. The predicted octanol–water partition coefficient (Wildman–Crippen LogP) is 3.26. The van der Waals surface area contributed by atoms with Gasteiger partial charge < -0.3 is 5.11 Å². The van der Waals surface area contributed by atoms with E-state index < -0.39 is 6.10 Å². The number of rotatable bonds is 4. The molecule has 1 heterocycles. The Morgan fingerprint density at radius 1 is 1.06 bits per heavy atom. The minimum Gasteiger partial charge on any atom is -0.388 e. The van der Waals surface area contributed by atoms with Crippen molar-refractivity contribution in [1.82, 2.24) is 4.98 Å². The van der Waals surface area contributed by atoms with Crippen molar-refractivity contribution >= 4 is 6.08 Å². The molecule has 92 valence electrons. The van der Waals surface area contributed by atoms with Crippen molar-refractivity contribution in [1.29, 1.82) is 0 Å². The van der Waals surface area contributed by atoms with E-state index in [-0.39, 0.29) is 5.92 Å². The summed E-state index contributed by atoms with van der Waals surface area (Å²) in [5.74, 6) is 0.0752. The monoisotopic (exact) mass is 239 g/mol. The van der Waals surface area contributed by atoms with Crippen LogP contribution in [0.4, 0.5) is 0 Å². The van der Waals surface area contributed by atoms with E-state index in [1.54, 1.807) is 12.3 Å². The summed E-state index contributed by atoms with van der Waals surface area (Å²) in [6, 6.07) is 15.7. The van der Waals surface area contributed by atoms with E-state index in [1.807, 2.05) is 61.5 Å². The summed E-state index contributed by atoms with van der Waals surface area (Å²) in [5.41, 5.74) is 1.99. The molecule has 0 bridgehead atoms. The molecule has 0 saturated heterocycles. The highest BCUT2D eigenvalue weighted by molar-refractivity contribution is 5.45. The molecule has 0 aliphatic heterocycles. The van der Waals surface area contributed by atoms with Crippen LogP contribution in [0.25, 0.3) is 6.08 Å². The lowest BCUT2D eigenvalue weighted by Gasteiger charge is -2.15. The van der Waals surface area contributed by atoms with Crippen LogP contribution >= 0.6 is 0 Å². The van der Waals surface area contributed by atoms with Gasteiger partial charge in [-0.2, -0.15) is 0 Å². The molecule has 1 aromatic carbocycles. The maximum Gasteiger partial charge on any atom is 0.0790 e. The fourth-order valence-electron chi connectivity index (χ4n) is 1.79. The van der Waals surface area contributed by atoms with Crippen molar-refractivity contribution in [2.24, 2.45) is 0 Å². The zero-order valence-electron chi connectivity index (χ0n) is 10.4. The minimum atomic E-state index is -0.505. The lowest BCUT2D eigenvalue weighted by molar-refractivity contribution is 0.198. The second kappa shape index (κ2) is 6.12. The lowest BCUT2D eigenvalue weighted by atomic mass is 9.95. The predicted molar refractivity (Wildman–Crippen MR) is 74.1 cm³/mol. The normalized spacial score (nSPS) is 14.6. The van der Waals surface area contributed by atoms with Gasteiger partial charge in [-0.3, -0.25) is 4.98 Å². The highest BCUT2D eigenvalue weighted by Crippen LogP contribution is 2.19. The summed E-state index contributed by atoms with van der Waals surface area (Å²) in [5, 5.41) is 10.1. The van der Waals surface area contributed by atoms with Crippen molar-refractivity contribution in [3.05, 3.63) is 72.1 Å². The Hall–Kier alpha value is -1.93. The minimum absolute atomic E-state index is 0.0752. The smallest absolute Gasteiger partial charge is 0.0790 e. The topological polar surface area (TPSA) is 33.1 Å². The van der Waals surface area contributed by atoms with E-state index in [2.05, 4.69) is 4.98 Å². The van der Waals surface area contributed by atoms with Crippen molar-refractivity contribution in [2.45, 2.75) is 18.9 Å². The molecule has 2 atom stereocenters. The van der Waals surface area contributed by atoms with Crippen LogP contribution < -0.4 is 0 Å². The second-order valence-corrected chi connectivity index (χ2v) is 4.30. The summed E-state index contributed by atoms with van der Waals surface area (Å²) in [4.78, 5) is 4.18. The van der Waals surface area contributed by atoms with Crippen molar-refractivity contribution < 1.29 is 5.11 Å². The van der Waals surface area contributed by atoms with Gasteiger partial charge in [0.2, 0.25) is 0 Å². The standard InChI is InChI=1S/C16H17NO/c1-13(14-7-3-2-4-8-14)16(18)11-10-15-9-5-6-12-17-15/h2-13,16,18H,1H3/b11-10+/t13-,16-/m0/s1. The Bertz CT molecular complexity index is 493. The Kier molecular flexibility index (Phi) is 4.26. The molecule has 2 aromatic rings. The van der Waals surface area contributed by atoms with Crippen LogP contribution in [0, 0.1) is 0 Å². The molecule has 18 heavy (non-hydrogen) atoms. The number of pyridine rings is 1. The van der Waals surface area contributed by atoms with Gasteiger partial charge in [-0.25, -0.2) is 0 Å². The molecule has 1 aromatic heterocycles. The van der Waals surface area contributed by atoms with Gasteiger partial charge in [0.05, 0.1) is 11.8 Å². The Labute approximate surface area is 108 Å². The summed E-state index contributed by atoms with van der Waals surface area (Å²) in [6.07, 6.45) is 4.88. The molecule has 0 radical (unpaired) electrons. The molecule has 0 unspecified atom stereocenters. The molecule has 1 N–H and O–H groups in total. The highest BCUT2D eigenvalue weighted by Gasteiger charge is 2.12. The third kappa shape index (κ3) is 3.28. The zero-order valence-corrected chi connectivity index (χ0v) is 10.4. The van der Waals surface area contributed by atoms with E-state index in [1.165, 1.54) is 0 Å². The number of aliphatic hydroxyl groups is 1. The SMILES string of the molecule is C[C@@H](c1ccccc1)[C@@H](O)/C=C/c1ccccn1. The van der Waals surface area contributed by atoms with Crippen LogP contribution in [0.5, 0.6) is 0 Å². The third-order valence-corrected chi connectivity index (χ3v) is 2.99. The summed E-state index contributed by atoms with van der Waals surface area (Å²) >= 11 is 0. The van der Waals surface area contributed by atoms with Gasteiger partial charge in [0.25, 0.3) is 0 Å². The number of aliphatic hydroxyl groups excluding tert-OH is 1. The first-order valence-corrected chi connectivity index (χ1v) is 6.09. The molecule has 0 amide bonds. The maximum atomic E-state index is 10.1. The molecule has 2 heteroatoms. The third-order valence-electron chi connectivity index (χ3n) is 2.99. The first-order valence-electron chi connectivity index (χ1n) is 6.09. The summed E-state index contributed by atoms with van der Waals surface area (Å²) in [7, 11) is 0. The van der Waals surface area contributed by atoms with Gasteiger partial charge >= 0.3 is 0 Å². The molecule has 0 fully saturated rings. The summed E-state index contributed by atoms with van der Waals surface area (Å²) < 4.78 is 0. The fourth-order valence-corrected chi connectivity index (χ4v) is 1.79. The lowest BCUT2D eigenvalue weighted by Crippen LogP contribution is -2.12. The van der Waals surface area contributed by atoms with Gasteiger partial charge in [-0.05, 0) is 23.8 Å². The first-order chi connectivity index (χ1) is 8.77. The van der Waals surface area contributed by atoms with E-state index >= 15 is 0 Å². The van der Waals surface area contributed by atoms with Crippen molar-refractivity contribution in [2.75, 3.05) is 0 Å². The number of benzene rings is 1. The molecule has 0 saturated carbocycles. The van der Waals surface area contributed by atoms with Gasteiger partial charge in [0, 0.05) is 12.1 Å². The van der Waals surface area contributed by atoms with Gasteiger partial charge in [-0.15, -0.1) is 0 Å². The van der Waals surface area contributed by atoms with Crippen molar-refractivity contribution in [3.8, 4) is 0 Å². The Balaban J connectivity index is 2.04. The fraction of sp³-hybridized carbons (Fsp3) is 0.188. The largest absolute Gasteiger partial charge is 0.388 e. The van der Waals surface area contributed by atoms with Gasteiger partial charge in [0.15, 0.2) is 0 Å². The average Bonchev–Trinajstić information content (AvgIpc) is 2.46. The molecule has 0 aliphatic rings. The zero-order chi connectivity index (χ0) is 12.8.